The van der Waals surface area contributed by atoms with Gasteiger partial charge in [0, 0.05) is 6.54 Å². The number of ether oxygens (including phenoxy) is 1. The number of ketones is 1. The fourth-order valence-corrected chi connectivity index (χ4v) is 6.58. The number of aromatic nitrogens is 2. The molecule has 1 amide bonds. The molecule has 1 aromatic heterocycles. The van der Waals surface area contributed by atoms with Crippen molar-refractivity contribution in [3.63, 3.8) is 0 Å². The van der Waals surface area contributed by atoms with Gasteiger partial charge in [0.05, 0.1) is 47.5 Å². The fraction of sp³-hybridized carbons (Fsp3) is 0.586. The van der Waals surface area contributed by atoms with Crippen LogP contribution < -0.4 is 4.74 Å². The normalized spacial score (nSPS) is 22.6. The quantitative estimate of drug-likeness (QED) is 0.330. The highest BCUT2D eigenvalue weighted by Crippen LogP contribution is 2.46. The van der Waals surface area contributed by atoms with Gasteiger partial charge in [0.1, 0.15) is 5.75 Å². The SMILES string of the molecule is COc1cccc(Cl)c1C(=O)CN(CC1CC(C)(C)C1)C(=O)c1cnn([C@H]2CC[C@](C)(C(=O)O)CC2)c1C(F)(F)F. The number of carbonyl (C=O) groups excluding carboxylic acids is 2. The van der Waals surface area contributed by atoms with E-state index in [-0.39, 0.29) is 59.9 Å². The Kier molecular flexibility index (Phi) is 8.51. The molecule has 4 rings (SSSR count). The first-order chi connectivity index (χ1) is 19.1. The van der Waals surface area contributed by atoms with Gasteiger partial charge in [-0.05, 0) is 68.9 Å². The summed E-state index contributed by atoms with van der Waals surface area (Å²) < 4.78 is 49.6. The number of aliphatic carboxylic acids is 1. The van der Waals surface area contributed by atoms with E-state index in [9.17, 15) is 32.7 Å². The molecule has 0 saturated heterocycles. The maximum absolute atomic E-state index is 14.5. The molecular weight excluding hydrogens is 563 g/mol. The van der Waals surface area contributed by atoms with Crippen molar-refractivity contribution in [3.05, 3.63) is 46.2 Å². The maximum Gasteiger partial charge on any atom is 0.433 e. The molecule has 2 saturated carbocycles. The highest BCUT2D eigenvalue weighted by Gasteiger charge is 2.46. The van der Waals surface area contributed by atoms with Crippen molar-refractivity contribution in [2.24, 2.45) is 16.7 Å². The number of rotatable bonds is 9. The first kappa shape index (κ1) is 30.9. The second kappa shape index (κ2) is 11.3. The Morgan fingerprint density at radius 1 is 1.17 bits per heavy atom. The third kappa shape index (κ3) is 6.39. The Balaban J connectivity index is 1.66. The predicted octanol–water partition coefficient (Wildman–Crippen LogP) is 6.53. The maximum atomic E-state index is 14.5. The van der Waals surface area contributed by atoms with Crippen molar-refractivity contribution >= 4 is 29.3 Å². The average Bonchev–Trinajstić information content (AvgIpc) is 3.32. The summed E-state index contributed by atoms with van der Waals surface area (Å²) >= 11 is 6.28. The molecule has 0 aliphatic heterocycles. The number of Topliss-reactive ketones (excluding diaryl/α,β-unsaturated/α-hetero) is 1. The zero-order valence-electron chi connectivity index (χ0n) is 23.6. The number of hydrogen-bond acceptors (Lipinski definition) is 5. The largest absolute Gasteiger partial charge is 0.496 e. The molecule has 1 N–H and O–H groups in total. The van der Waals surface area contributed by atoms with Gasteiger partial charge < -0.3 is 14.7 Å². The molecule has 0 spiro atoms. The number of benzene rings is 1. The van der Waals surface area contributed by atoms with Crippen molar-refractivity contribution in [2.45, 2.75) is 71.5 Å². The minimum atomic E-state index is -4.91. The van der Waals surface area contributed by atoms with Crippen LogP contribution in [0.4, 0.5) is 13.2 Å². The first-order valence-electron chi connectivity index (χ1n) is 13.6. The van der Waals surface area contributed by atoms with Crippen LogP contribution in [0, 0.1) is 16.7 Å². The number of carbonyl (C=O) groups is 3. The van der Waals surface area contributed by atoms with Gasteiger partial charge >= 0.3 is 12.1 Å². The lowest BCUT2D eigenvalue weighted by Crippen LogP contribution is -2.45. The van der Waals surface area contributed by atoms with Crippen LogP contribution in [-0.4, -0.2) is 57.6 Å². The van der Waals surface area contributed by atoms with Crippen LogP contribution in [0.15, 0.2) is 24.4 Å². The Labute approximate surface area is 241 Å². The van der Waals surface area contributed by atoms with Crippen molar-refractivity contribution in [1.82, 2.24) is 14.7 Å². The lowest BCUT2D eigenvalue weighted by Gasteiger charge is -2.44. The van der Waals surface area contributed by atoms with Crippen LogP contribution in [0.3, 0.4) is 0 Å². The van der Waals surface area contributed by atoms with E-state index >= 15 is 0 Å². The highest BCUT2D eigenvalue weighted by molar-refractivity contribution is 6.34. The molecular formula is C29H35ClF3N3O5. The number of hydrogen-bond donors (Lipinski definition) is 1. The van der Waals surface area contributed by atoms with E-state index in [0.29, 0.717) is 0 Å². The summed E-state index contributed by atoms with van der Waals surface area (Å²) in [7, 11) is 1.37. The standard InChI is InChI=1S/C29H35ClF3N3O5/c1-27(2)12-17(13-27)15-35(16-21(37)23-20(30)6-5-7-22(23)41-4)25(38)19-14-34-36(24(19)29(31,32)33)18-8-10-28(3,11-9-18)26(39)40/h5-7,14,17-18H,8-13,15-16H2,1-4H3,(H,39,40)/t18-,28-. The molecule has 1 aromatic carbocycles. The van der Waals surface area contributed by atoms with Gasteiger partial charge in [0.15, 0.2) is 11.5 Å². The van der Waals surface area contributed by atoms with Crippen molar-refractivity contribution in [3.8, 4) is 5.75 Å². The zero-order chi connectivity index (χ0) is 30.3. The fourth-order valence-electron chi connectivity index (χ4n) is 6.31. The number of alkyl halides is 3. The van der Waals surface area contributed by atoms with Gasteiger partial charge in [0.25, 0.3) is 5.91 Å². The summed E-state index contributed by atoms with van der Waals surface area (Å²) in [5.74, 6) is -2.27. The van der Waals surface area contributed by atoms with Gasteiger partial charge in [-0.1, -0.05) is 31.5 Å². The van der Waals surface area contributed by atoms with Crippen molar-refractivity contribution < 1.29 is 37.4 Å². The topological polar surface area (TPSA) is 102 Å². The highest BCUT2D eigenvalue weighted by atomic mass is 35.5. The zero-order valence-corrected chi connectivity index (χ0v) is 24.3. The molecule has 0 radical (unpaired) electrons. The van der Waals surface area contributed by atoms with E-state index in [1.54, 1.807) is 19.1 Å². The number of halogens is 4. The van der Waals surface area contributed by atoms with Crippen LogP contribution in [0.1, 0.15) is 91.7 Å². The molecule has 2 fully saturated rings. The van der Waals surface area contributed by atoms with Crippen molar-refractivity contribution in [2.75, 3.05) is 20.2 Å². The van der Waals surface area contributed by atoms with E-state index in [0.717, 1.165) is 28.6 Å². The van der Waals surface area contributed by atoms with Gasteiger partial charge in [-0.15, -0.1) is 0 Å². The summed E-state index contributed by atoms with van der Waals surface area (Å²) in [5.41, 5.74) is -2.75. The number of amides is 1. The van der Waals surface area contributed by atoms with E-state index in [2.05, 4.69) is 18.9 Å². The van der Waals surface area contributed by atoms with Gasteiger partial charge in [-0.3, -0.25) is 19.1 Å². The van der Waals surface area contributed by atoms with Gasteiger partial charge in [-0.25, -0.2) is 0 Å². The monoisotopic (exact) mass is 597 g/mol. The third-order valence-corrected chi connectivity index (χ3v) is 8.79. The molecule has 2 aromatic rings. The lowest BCUT2D eigenvalue weighted by molar-refractivity contribution is -0.152. The van der Waals surface area contributed by atoms with E-state index < -0.39 is 53.1 Å². The summed E-state index contributed by atoms with van der Waals surface area (Å²) in [6.07, 6.45) is -1.76. The molecule has 41 heavy (non-hydrogen) atoms. The van der Waals surface area contributed by atoms with Crippen LogP contribution in [0.25, 0.3) is 0 Å². The average molecular weight is 598 g/mol. The molecule has 8 nitrogen and oxygen atoms in total. The molecule has 2 aliphatic rings. The van der Waals surface area contributed by atoms with Gasteiger partial charge in [0.2, 0.25) is 0 Å². The minimum absolute atomic E-state index is 0.0197. The van der Waals surface area contributed by atoms with Crippen LogP contribution in [-0.2, 0) is 11.0 Å². The second-order valence-electron chi connectivity index (χ2n) is 12.3. The first-order valence-corrected chi connectivity index (χ1v) is 14.0. The third-order valence-electron chi connectivity index (χ3n) is 8.47. The van der Waals surface area contributed by atoms with Crippen LogP contribution >= 0.6 is 11.6 Å². The molecule has 12 heteroatoms. The molecule has 0 atom stereocenters. The smallest absolute Gasteiger partial charge is 0.433 e. The molecule has 2 aliphatic carbocycles. The van der Waals surface area contributed by atoms with Gasteiger partial charge in [-0.2, -0.15) is 18.3 Å². The minimum Gasteiger partial charge on any atom is -0.496 e. The summed E-state index contributed by atoms with van der Waals surface area (Å²) in [6, 6.07) is 3.94. The second-order valence-corrected chi connectivity index (χ2v) is 12.7. The Bertz CT molecular complexity index is 1320. The van der Waals surface area contributed by atoms with Crippen LogP contribution in [0.5, 0.6) is 5.75 Å². The Morgan fingerprint density at radius 3 is 2.34 bits per heavy atom. The van der Waals surface area contributed by atoms with Crippen molar-refractivity contribution in [1.29, 1.82) is 0 Å². The number of carboxylic acids is 1. The lowest BCUT2D eigenvalue weighted by atomic mass is 9.64. The number of methoxy groups -OCH3 is 1. The van der Waals surface area contributed by atoms with Crippen LogP contribution in [0.2, 0.25) is 5.02 Å². The van der Waals surface area contributed by atoms with E-state index in [1.165, 1.54) is 13.2 Å². The van der Waals surface area contributed by atoms with E-state index in [1.807, 2.05) is 0 Å². The summed E-state index contributed by atoms with van der Waals surface area (Å²) in [6.45, 7) is 5.34. The van der Waals surface area contributed by atoms with E-state index in [4.69, 9.17) is 16.3 Å². The summed E-state index contributed by atoms with van der Waals surface area (Å²) in [4.78, 5) is 40.0. The number of nitrogens with zero attached hydrogens (tertiary/aromatic N) is 3. The summed E-state index contributed by atoms with van der Waals surface area (Å²) in [5, 5.41) is 13.6. The molecule has 224 valence electrons. The molecule has 0 bridgehead atoms. The predicted molar refractivity (Wildman–Crippen MR) is 145 cm³/mol. The number of carboxylic acid groups (broad SMARTS) is 1. The Morgan fingerprint density at radius 2 is 1.80 bits per heavy atom. The molecule has 1 heterocycles. The molecule has 0 unspecified atom stereocenters. The Hall–Kier alpha value is -3.08.